The second-order valence-electron chi connectivity index (χ2n) is 4.18. The molecule has 92 valence electrons. The summed E-state index contributed by atoms with van der Waals surface area (Å²) in [6.07, 6.45) is 0. The maximum Gasteiger partial charge on any atom is 0.180 e. The van der Waals surface area contributed by atoms with Crippen LogP contribution in [0.3, 0.4) is 0 Å². The van der Waals surface area contributed by atoms with Crippen molar-refractivity contribution >= 4 is 17.0 Å². The van der Waals surface area contributed by atoms with Crippen molar-refractivity contribution in [2.45, 2.75) is 20.4 Å². The molecule has 0 unspecified atom stereocenters. The molecular weight excluding hydrogens is 228 g/mol. The summed E-state index contributed by atoms with van der Waals surface area (Å²) in [5.41, 5.74) is 9.09. The summed E-state index contributed by atoms with van der Waals surface area (Å²) in [4.78, 5) is 11.9. The van der Waals surface area contributed by atoms with Gasteiger partial charge in [-0.15, -0.1) is 0 Å². The zero-order chi connectivity index (χ0) is 12.7. The number of hydrogen-bond donors (Lipinski definition) is 2. The van der Waals surface area contributed by atoms with Crippen LogP contribution in [0, 0.1) is 6.92 Å². The van der Waals surface area contributed by atoms with Crippen LogP contribution in [0.15, 0.2) is 18.2 Å². The van der Waals surface area contributed by atoms with Gasteiger partial charge in [0.25, 0.3) is 0 Å². The number of nitrogens with two attached hydrogens (primary N) is 1. The normalized spacial score (nSPS) is 11.2. The minimum Gasteiger partial charge on any atom is -0.384 e. The maximum absolute atomic E-state index is 5.65. The highest BCUT2D eigenvalue weighted by molar-refractivity contribution is 5.76. The van der Waals surface area contributed by atoms with Gasteiger partial charge in [0.15, 0.2) is 11.5 Å². The number of nitrogen functional groups attached to an aromatic ring is 1. The predicted molar refractivity (Wildman–Crippen MR) is 69.9 cm³/mol. The van der Waals surface area contributed by atoms with E-state index in [1.807, 2.05) is 23.7 Å². The van der Waals surface area contributed by atoms with Gasteiger partial charge in [0, 0.05) is 6.54 Å². The molecule has 0 amide bonds. The summed E-state index contributed by atoms with van der Waals surface area (Å²) in [5, 5.41) is 4.40. The lowest BCUT2D eigenvalue weighted by Gasteiger charge is -1.99. The lowest BCUT2D eigenvalue weighted by atomic mass is 10.3. The molecule has 18 heavy (non-hydrogen) atoms. The molecule has 6 nitrogen and oxygen atoms in total. The Labute approximate surface area is 104 Å². The smallest absolute Gasteiger partial charge is 0.180 e. The number of fused-ring (bicyclic) bond motifs is 1. The Hall–Kier alpha value is -2.37. The summed E-state index contributed by atoms with van der Waals surface area (Å²) in [6, 6.07) is 5.64. The van der Waals surface area contributed by atoms with E-state index in [2.05, 4.69) is 27.0 Å². The summed E-state index contributed by atoms with van der Waals surface area (Å²) < 4.78 is 1.91. The first-order valence-electron chi connectivity index (χ1n) is 5.84. The minimum atomic E-state index is 0.473. The Balaban J connectivity index is 2.18. The SMILES string of the molecule is CCn1nc(C)cc1-c1nc2nc(N)ccc2[nH]1. The first-order valence-corrected chi connectivity index (χ1v) is 5.84. The molecule has 0 bridgehead atoms. The predicted octanol–water partition coefficient (Wildman–Crippen LogP) is 1.73. The van der Waals surface area contributed by atoms with Crippen molar-refractivity contribution in [3.63, 3.8) is 0 Å². The highest BCUT2D eigenvalue weighted by Crippen LogP contribution is 2.21. The third kappa shape index (κ3) is 1.62. The molecule has 0 saturated heterocycles. The molecule has 0 fully saturated rings. The van der Waals surface area contributed by atoms with Gasteiger partial charge in [-0.1, -0.05) is 0 Å². The van der Waals surface area contributed by atoms with Gasteiger partial charge in [-0.25, -0.2) is 9.97 Å². The molecule has 0 radical (unpaired) electrons. The van der Waals surface area contributed by atoms with Gasteiger partial charge in [0.05, 0.1) is 11.2 Å². The zero-order valence-electron chi connectivity index (χ0n) is 10.3. The lowest BCUT2D eigenvalue weighted by Crippen LogP contribution is -1.99. The van der Waals surface area contributed by atoms with E-state index in [1.165, 1.54) is 0 Å². The van der Waals surface area contributed by atoms with E-state index in [0.29, 0.717) is 11.5 Å². The van der Waals surface area contributed by atoms with E-state index in [-0.39, 0.29) is 0 Å². The second-order valence-corrected chi connectivity index (χ2v) is 4.18. The fraction of sp³-hybridized carbons (Fsp3) is 0.250. The monoisotopic (exact) mass is 242 g/mol. The molecule has 0 aliphatic heterocycles. The van der Waals surface area contributed by atoms with Gasteiger partial charge in [0.2, 0.25) is 0 Å². The number of pyridine rings is 1. The fourth-order valence-electron chi connectivity index (χ4n) is 2.01. The van der Waals surface area contributed by atoms with Crippen LogP contribution < -0.4 is 5.73 Å². The molecule has 0 aliphatic carbocycles. The van der Waals surface area contributed by atoms with E-state index >= 15 is 0 Å². The van der Waals surface area contributed by atoms with E-state index in [4.69, 9.17) is 5.73 Å². The van der Waals surface area contributed by atoms with E-state index in [1.54, 1.807) is 6.07 Å². The van der Waals surface area contributed by atoms with Crippen LogP contribution in [0.4, 0.5) is 5.82 Å². The Morgan fingerprint density at radius 3 is 2.94 bits per heavy atom. The Bertz CT molecular complexity index is 709. The molecule has 3 N–H and O–H groups in total. The first-order chi connectivity index (χ1) is 8.67. The fourth-order valence-corrected chi connectivity index (χ4v) is 2.01. The number of H-pyrrole nitrogens is 1. The van der Waals surface area contributed by atoms with Crippen molar-refractivity contribution in [1.82, 2.24) is 24.7 Å². The van der Waals surface area contributed by atoms with E-state index in [9.17, 15) is 0 Å². The van der Waals surface area contributed by atoms with Gasteiger partial charge in [-0.2, -0.15) is 5.10 Å². The van der Waals surface area contributed by atoms with E-state index in [0.717, 1.165) is 29.3 Å². The standard InChI is InChI=1S/C12H14N6/c1-3-18-9(6-7(2)17-18)12-14-8-4-5-10(13)15-11(8)16-12/h4-6H,3H2,1-2H3,(H3,13,14,15,16). The number of aryl methyl sites for hydroxylation is 2. The third-order valence-corrected chi connectivity index (χ3v) is 2.81. The summed E-state index contributed by atoms with van der Waals surface area (Å²) in [7, 11) is 0. The van der Waals surface area contributed by atoms with Crippen molar-refractivity contribution in [3.05, 3.63) is 23.9 Å². The van der Waals surface area contributed by atoms with Crippen LogP contribution >= 0.6 is 0 Å². The molecule has 3 aromatic rings. The molecule has 0 aliphatic rings. The average molecular weight is 242 g/mol. The van der Waals surface area contributed by atoms with Crippen molar-refractivity contribution in [2.24, 2.45) is 0 Å². The van der Waals surface area contributed by atoms with Crippen LogP contribution in [0.2, 0.25) is 0 Å². The highest BCUT2D eigenvalue weighted by atomic mass is 15.3. The zero-order valence-corrected chi connectivity index (χ0v) is 10.3. The Morgan fingerprint density at radius 1 is 1.33 bits per heavy atom. The van der Waals surface area contributed by atoms with Crippen LogP contribution in [-0.2, 0) is 6.54 Å². The number of aromatic nitrogens is 5. The van der Waals surface area contributed by atoms with Crippen molar-refractivity contribution in [1.29, 1.82) is 0 Å². The molecule has 3 heterocycles. The van der Waals surface area contributed by atoms with Gasteiger partial charge >= 0.3 is 0 Å². The maximum atomic E-state index is 5.65. The Kier molecular flexibility index (Phi) is 2.29. The molecule has 6 heteroatoms. The largest absolute Gasteiger partial charge is 0.384 e. The number of rotatable bonds is 2. The van der Waals surface area contributed by atoms with Crippen molar-refractivity contribution in [3.8, 4) is 11.5 Å². The molecule has 0 spiro atoms. The molecular formula is C12H14N6. The van der Waals surface area contributed by atoms with Gasteiger partial charge in [-0.3, -0.25) is 4.68 Å². The first kappa shape index (κ1) is 10.8. The highest BCUT2D eigenvalue weighted by Gasteiger charge is 2.12. The quantitative estimate of drug-likeness (QED) is 0.716. The van der Waals surface area contributed by atoms with Gasteiger partial charge < -0.3 is 10.7 Å². The summed E-state index contributed by atoms with van der Waals surface area (Å²) in [6.45, 7) is 4.82. The Morgan fingerprint density at radius 2 is 2.17 bits per heavy atom. The number of anilines is 1. The number of aromatic amines is 1. The van der Waals surface area contributed by atoms with Crippen LogP contribution in [0.1, 0.15) is 12.6 Å². The van der Waals surface area contributed by atoms with Gasteiger partial charge in [0.1, 0.15) is 11.5 Å². The summed E-state index contributed by atoms with van der Waals surface area (Å²) >= 11 is 0. The number of nitrogens with zero attached hydrogens (tertiary/aromatic N) is 4. The molecule has 0 atom stereocenters. The molecule has 0 aromatic carbocycles. The number of hydrogen-bond acceptors (Lipinski definition) is 4. The molecule has 3 rings (SSSR count). The van der Waals surface area contributed by atoms with Crippen LogP contribution in [0.5, 0.6) is 0 Å². The number of nitrogens with one attached hydrogen (secondary N) is 1. The van der Waals surface area contributed by atoms with E-state index < -0.39 is 0 Å². The average Bonchev–Trinajstić information content (AvgIpc) is 2.91. The second kappa shape index (κ2) is 3.83. The number of imidazole rings is 1. The van der Waals surface area contributed by atoms with Crippen molar-refractivity contribution < 1.29 is 0 Å². The molecule has 0 saturated carbocycles. The van der Waals surface area contributed by atoms with Crippen molar-refractivity contribution in [2.75, 3.05) is 5.73 Å². The summed E-state index contributed by atoms with van der Waals surface area (Å²) in [5.74, 6) is 1.24. The topological polar surface area (TPSA) is 85.4 Å². The van der Waals surface area contributed by atoms with Crippen LogP contribution in [-0.4, -0.2) is 24.7 Å². The van der Waals surface area contributed by atoms with Crippen LogP contribution in [0.25, 0.3) is 22.7 Å². The third-order valence-electron chi connectivity index (χ3n) is 2.81. The minimum absolute atomic E-state index is 0.473. The molecule has 3 aromatic heterocycles. The lowest BCUT2D eigenvalue weighted by molar-refractivity contribution is 0.658. The van der Waals surface area contributed by atoms with Gasteiger partial charge in [-0.05, 0) is 32.0 Å².